The fourth-order valence-electron chi connectivity index (χ4n) is 3.69. The van der Waals surface area contributed by atoms with Crippen molar-refractivity contribution in [2.45, 2.75) is 20.8 Å². The van der Waals surface area contributed by atoms with E-state index in [0.29, 0.717) is 0 Å². The fourth-order valence-corrected chi connectivity index (χ4v) is 3.96. The van der Waals surface area contributed by atoms with Crippen LogP contribution in [-0.4, -0.2) is 21.5 Å². The summed E-state index contributed by atoms with van der Waals surface area (Å²) in [6.45, 7) is 5.90. The molecule has 0 saturated carbocycles. The number of anilines is 1. The molecule has 2 heterocycles. The van der Waals surface area contributed by atoms with E-state index in [4.69, 9.17) is 12.2 Å². The van der Waals surface area contributed by atoms with Crippen molar-refractivity contribution >= 4 is 40.9 Å². The largest absolute Gasteiger partial charge is 0.318 e. The predicted octanol–water partition coefficient (Wildman–Crippen LogP) is 4.37. The molecule has 1 saturated heterocycles. The quantitative estimate of drug-likeness (QED) is 0.379. The van der Waals surface area contributed by atoms with Gasteiger partial charge in [0.1, 0.15) is 11.4 Å². The third-order valence-electron chi connectivity index (χ3n) is 5.26. The number of aryl methyl sites for hydroxylation is 2. The molecular weight excluding hydrogens is 413 g/mol. The monoisotopic (exact) mass is 433 g/mol. The number of carbonyl (C=O) groups is 2. The molecule has 1 aliphatic heterocycles. The van der Waals surface area contributed by atoms with Gasteiger partial charge in [0.2, 0.25) is 0 Å². The fraction of sp³-hybridized carbons (Fsp3) is 0.125. The molecule has 3 aromatic rings. The summed E-state index contributed by atoms with van der Waals surface area (Å²) >= 11 is 5.14. The van der Waals surface area contributed by atoms with Gasteiger partial charge in [-0.05, 0) is 75.0 Å². The number of aromatic nitrogens is 1. The summed E-state index contributed by atoms with van der Waals surface area (Å²) in [6.07, 6.45) is 1.53. The lowest BCUT2D eigenvalue weighted by molar-refractivity contribution is -0.122. The number of halogens is 1. The van der Waals surface area contributed by atoms with Gasteiger partial charge in [-0.1, -0.05) is 29.8 Å². The minimum absolute atomic E-state index is 0.00599. The summed E-state index contributed by atoms with van der Waals surface area (Å²) in [5, 5.41) is 2.34. The molecule has 0 spiro atoms. The molecule has 4 rings (SSSR count). The average Bonchev–Trinajstić information content (AvgIpc) is 3.00. The van der Waals surface area contributed by atoms with Crippen LogP contribution in [-0.2, 0) is 9.59 Å². The van der Waals surface area contributed by atoms with Crippen LogP contribution >= 0.6 is 12.2 Å². The maximum atomic E-state index is 14.3. The van der Waals surface area contributed by atoms with Crippen molar-refractivity contribution in [1.29, 1.82) is 0 Å². The zero-order valence-corrected chi connectivity index (χ0v) is 18.1. The molecule has 0 unspecified atom stereocenters. The number of para-hydroxylation sites is 1. The zero-order valence-electron chi connectivity index (χ0n) is 17.3. The molecule has 0 atom stereocenters. The number of carbonyl (C=O) groups excluding carboxylic acids is 2. The number of amides is 2. The van der Waals surface area contributed by atoms with Crippen LogP contribution in [0.4, 0.5) is 10.1 Å². The van der Waals surface area contributed by atoms with E-state index in [1.807, 2.05) is 51.1 Å². The number of nitrogens with zero attached hydrogens (tertiary/aromatic N) is 2. The Morgan fingerprint density at radius 3 is 2.35 bits per heavy atom. The highest BCUT2D eigenvalue weighted by molar-refractivity contribution is 7.80. The molecule has 0 aliphatic carbocycles. The average molecular weight is 434 g/mol. The lowest BCUT2D eigenvalue weighted by Gasteiger charge is -2.29. The summed E-state index contributed by atoms with van der Waals surface area (Å²) in [5.41, 5.74) is 4.58. The minimum atomic E-state index is -0.668. The Morgan fingerprint density at radius 2 is 1.68 bits per heavy atom. The molecule has 31 heavy (non-hydrogen) atoms. The number of nitrogens with one attached hydrogen (secondary N) is 1. The SMILES string of the molecule is Cc1ccc(-n2c(C)cc(/C=C3\C(=O)NC(=S)N(c4ccccc4F)C3=O)c2C)cc1. The van der Waals surface area contributed by atoms with Crippen LogP contribution in [0.1, 0.15) is 22.5 Å². The van der Waals surface area contributed by atoms with Crippen molar-refractivity contribution < 1.29 is 14.0 Å². The van der Waals surface area contributed by atoms with Crippen molar-refractivity contribution in [3.05, 3.63) is 88.5 Å². The second kappa shape index (κ2) is 7.92. The second-order valence-electron chi connectivity index (χ2n) is 7.41. The van der Waals surface area contributed by atoms with E-state index < -0.39 is 17.6 Å². The summed E-state index contributed by atoms with van der Waals surface area (Å²) in [6, 6.07) is 15.8. The molecule has 0 bridgehead atoms. The minimum Gasteiger partial charge on any atom is -0.318 e. The Balaban J connectivity index is 1.77. The van der Waals surface area contributed by atoms with Crippen LogP contribution in [0.15, 0.2) is 60.2 Å². The third kappa shape index (κ3) is 3.68. The number of hydrogen-bond acceptors (Lipinski definition) is 3. The molecular formula is C24H20FN3O2S. The number of benzene rings is 2. The summed E-state index contributed by atoms with van der Waals surface area (Å²) in [4.78, 5) is 26.7. The molecule has 1 fully saturated rings. The van der Waals surface area contributed by atoms with Crippen LogP contribution in [0, 0.1) is 26.6 Å². The highest BCUT2D eigenvalue weighted by Crippen LogP contribution is 2.27. The van der Waals surface area contributed by atoms with Crippen LogP contribution in [0.2, 0.25) is 0 Å². The summed E-state index contributed by atoms with van der Waals surface area (Å²) in [5.74, 6) is -1.88. The standard InChI is InChI=1S/C24H20FN3O2S/c1-14-8-10-18(11-9-14)27-15(2)12-17(16(27)3)13-19-22(29)26-24(31)28(23(19)30)21-7-5-4-6-20(21)25/h4-13H,1-3H3,(H,26,29,31)/b19-13+. The van der Waals surface area contributed by atoms with Crippen LogP contribution in [0.3, 0.4) is 0 Å². The van der Waals surface area contributed by atoms with Gasteiger partial charge in [-0.2, -0.15) is 0 Å². The van der Waals surface area contributed by atoms with Gasteiger partial charge in [-0.15, -0.1) is 0 Å². The van der Waals surface area contributed by atoms with Gasteiger partial charge >= 0.3 is 0 Å². The molecule has 2 amide bonds. The van der Waals surface area contributed by atoms with E-state index in [9.17, 15) is 14.0 Å². The Labute approximate surface area is 184 Å². The first kappa shape index (κ1) is 20.7. The van der Waals surface area contributed by atoms with E-state index >= 15 is 0 Å². The lowest BCUT2D eigenvalue weighted by atomic mass is 10.1. The van der Waals surface area contributed by atoms with Gasteiger partial charge in [0, 0.05) is 17.1 Å². The highest BCUT2D eigenvalue weighted by Gasteiger charge is 2.35. The Hall–Kier alpha value is -3.58. The van der Waals surface area contributed by atoms with E-state index in [-0.39, 0.29) is 16.4 Å². The predicted molar refractivity (Wildman–Crippen MR) is 123 cm³/mol. The molecule has 156 valence electrons. The van der Waals surface area contributed by atoms with Crippen LogP contribution < -0.4 is 10.2 Å². The van der Waals surface area contributed by atoms with Gasteiger partial charge in [0.15, 0.2) is 5.11 Å². The first-order valence-electron chi connectivity index (χ1n) is 9.70. The van der Waals surface area contributed by atoms with Crippen molar-refractivity contribution in [3.8, 4) is 5.69 Å². The van der Waals surface area contributed by atoms with Crippen molar-refractivity contribution in [3.63, 3.8) is 0 Å². The Morgan fingerprint density at radius 1 is 1.00 bits per heavy atom. The number of thiocarbonyl (C=S) groups is 1. The van der Waals surface area contributed by atoms with Crippen molar-refractivity contribution in [2.75, 3.05) is 4.90 Å². The summed E-state index contributed by atoms with van der Waals surface area (Å²) < 4.78 is 16.4. The Kier molecular flexibility index (Phi) is 5.29. The number of hydrogen-bond donors (Lipinski definition) is 1. The molecule has 2 aromatic carbocycles. The molecule has 1 aromatic heterocycles. The van der Waals surface area contributed by atoms with Gasteiger partial charge in [0.05, 0.1) is 5.69 Å². The third-order valence-corrected chi connectivity index (χ3v) is 5.54. The molecule has 5 nitrogen and oxygen atoms in total. The maximum Gasteiger partial charge on any atom is 0.270 e. The normalized spacial score (nSPS) is 15.5. The second-order valence-corrected chi connectivity index (χ2v) is 7.79. The highest BCUT2D eigenvalue weighted by atomic mass is 32.1. The van der Waals surface area contributed by atoms with E-state index in [2.05, 4.69) is 9.88 Å². The van der Waals surface area contributed by atoms with E-state index in [1.54, 1.807) is 6.07 Å². The zero-order chi connectivity index (χ0) is 22.3. The van der Waals surface area contributed by atoms with Crippen molar-refractivity contribution in [2.24, 2.45) is 0 Å². The summed E-state index contributed by atoms with van der Waals surface area (Å²) in [7, 11) is 0. The first-order valence-corrected chi connectivity index (χ1v) is 10.1. The molecule has 0 radical (unpaired) electrons. The molecule has 1 aliphatic rings. The van der Waals surface area contributed by atoms with Crippen LogP contribution in [0.25, 0.3) is 11.8 Å². The van der Waals surface area contributed by atoms with Gasteiger partial charge in [-0.25, -0.2) is 9.29 Å². The van der Waals surface area contributed by atoms with Crippen LogP contribution in [0.5, 0.6) is 0 Å². The molecule has 1 N–H and O–H groups in total. The van der Waals surface area contributed by atoms with Gasteiger partial charge in [0.25, 0.3) is 11.8 Å². The Bertz CT molecular complexity index is 1260. The van der Waals surface area contributed by atoms with Gasteiger partial charge in [-0.3, -0.25) is 14.9 Å². The van der Waals surface area contributed by atoms with E-state index in [1.165, 1.54) is 24.3 Å². The van der Waals surface area contributed by atoms with E-state index in [0.717, 1.165) is 33.1 Å². The first-order chi connectivity index (χ1) is 14.8. The maximum absolute atomic E-state index is 14.3. The number of rotatable bonds is 3. The molecule has 7 heteroatoms. The van der Waals surface area contributed by atoms with Crippen molar-refractivity contribution in [1.82, 2.24) is 9.88 Å². The smallest absolute Gasteiger partial charge is 0.270 e. The topological polar surface area (TPSA) is 54.3 Å². The lowest BCUT2D eigenvalue weighted by Crippen LogP contribution is -2.54. The van der Waals surface area contributed by atoms with Gasteiger partial charge < -0.3 is 4.57 Å².